The third kappa shape index (κ3) is 8.51. The lowest BCUT2D eigenvalue weighted by molar-refractivity contribution is 0.418. The molecule has 1 saturated heterocycles. The monoisotopic (exact) mass is 436 g/mol. The number of hydrogen-bond acceptors (Lipinski definition) is 7. The van der Waals surface area contributed by atoms with Crippen molar-refractivity contribution in [2.24, 2.45) is 5.73 Å². The Balaban J connectivity index is 0.000000301. The highest BCUT2D eigenvalue weighted by atomic mass is 16.5. The molecule has 0 saturated carbocycles. The molecule has 0 bridgehead atoms. The largest absolute Gasteiger partial charge is 0.405 e. The van der Waals surface area contributed by atoms with Crippen molar-refractivity contribution in [3.05, 3.63) is 66.8 Å². The molecule has 3 heterocycles. The Morgan fingerprint density at radius 1 is 1.09 bits per heavy atom. The van der Waals surface area contributed by atoms with E-state index in [1.54, 1.807) is 12.3 Å². The number of allylic oxidation sites excluding steroid dienone is 1. The van der Waals surface area contributed by atoms with Gasteiger partial charge in [-0.25, -0.2) is 4.98 Å². The zero-order chi connectivity index (χ0) is 23.4. The van der Waals surface area contributed by atoms with Crippen molar-refractivity contribution in [3.63, 3.8) is 0 Å². The Labute approximate surface area is 191 Å². The van der Waals surface area contributed by atoms with Crippen LogP contribution in [-0.2, 0) is 5.41 Å². The molecule has 2 aromatic heterocycles. The molecule has 3 aromatic rings. The van der Waals surface area contributed by atoms with Gasteiger partial charge < -0.3 is 20.5 Å². The normalized spacial score (nSPS) is 13.8. The molecule has 1 aliphatic heterocycles. The summed E-state index contributed by atoms with van der Waals surface area (Å²) < 4.78 is 4.74. The van der Waals surface area contributed by atoms with Gasteiger partial charge in [-0.3, -0.25) is 0 Å². The number of pyridine rings is 1. The van der Waals surface area contributed by atoms with E-state index >= 15 is 0 Å². The van der Waals surface area contributed by atoms with E-state index in [4.69, 9.17) is 10.3 Å². The maximum Gasteiger partial charge on any atom is 0.214 e. The molecular weight excluding hydrogens is 400 g/mol. The van der Waals surface area contributed by atoms with E-state index in [9.17, 15) is 0 Å². The van der Waals surface area contributed by atoms with Crippen LogP contribution in [0, 0.1) is 0 Å². The first-order chi connectivity index (χ1) is 15.3. The number of likely N-dealkylation sites (tertiary alicyclic amines) is 1. The molecule has 172 valence electrons. The van der Waals surface area contributed by atoms with Gasteiger partial charge in [0.25, 0.3) is 0 Å². The number of nitrogens with one attached hydrogen (secondary N) is 1. The summed E-state index contributed by atoms with van der Waals surface area (Å²) in [4.78, 5) is 10.8. The summed E-state index contributed by atoms with van der Waals surface area (Å²) in [6, 6.07) is 12.2. The van der Waals surface area contributed by atoms with Crippen molar-refractivity contribution in [3.8, 4) is 11.4 Å². The van der Waals surface area contributed by atoms with Crippen LogP contribution in [0.4, 0.5) is 11.5 Å². The number of anilines is 2. The maximum atomic E-state index is 4.85. The van der Waals surface area contributed by atoms with Crippen LogP contribution in [0.15, 0.2) is 65.8 Å². The first-order valence-electron chi connectivity index (χ1n) is 10.9. The van der Waals surface area contributed by atoms with Gasteiger partial charge in [0.05, 0.1) is 0 Å². The second-order valence-corrected chi connectivity index (χ2v) is 8.68. The van der Waals surface area contributed by atoms with E-state index < -0.39 is 0 Å². The van der Waals surface area contributed by atoms with Crippen LogP contribution in [-0.4, -0.2) is 40.2 Å². The van der Waals surface area contributed by atoms with Crippen molar-refractivity contribution in [2.45, 2.75) is 46.0 Å². The molecule has 0 unspecified atom stereocenters. The predicted octanol–water partition coefficient (Wildman–Crippen LogP) is 5.36. The predicted molar refractivity (Wildman–Crippen MR) is 132 cm³/mol. The third-order valence-corrected chi connectivity index (χ3v) is 4.91. The summed E-state index contributed by atoms with van der Waals surface area (Å²) in [5.74, 6) is 1.31. The molecule has 7 nitrogen and oxygen atoms in total. The second-order valence-electron chi connectivity index (χ2n) is 8.68. The lowest BCUT2D eigenvalue weighted by atomic mass is 9.87. The molecule has 4 rings (SSSR count). The summed E-state index contributed by atoms with van der Waals surface area (Å²) in [6.07, 6.45) is 9.13. The van der Waals surface area contributed by atoms with E-state index in [1.807, 2.05) is 25.1 Å². The number of rotatable bonds is 3. The summed E-state index contributed by atoms with van der Waals surface area (Å²) >= 11 is 0. The van der Waals surface area contributed by atoms with Gasteiger partial charge in [0.15, 0.2) is 0 Å². The van der Waals surface area contributed by atoms with Gasteiger partial charge in [0, 0.05) is 17.4 Å². The van der Waals surface area contributed by atoms with Crippen LogP contribution in [0.1, 0.15) is 46.1 Å². The molecular formula is C25H36N6O. The Morgan fingerprint density at radius 3 is 2.28 bits per heavy atom. The van der Waals surface area contributed by atoms with Crippen LogP contribution in [0.25, 0.3) is 11.4 Å². The fourth-order valence-corrected chi connectivity index (χ4v) is 2.98. The fourth-order valence-electron chi connectivity index (χ4n) is 2.98. The number of aromatic nitrogens is 3. The highest BCUT2D eigenvalue weighted by Gasteiger charge is 2.13. The average Bonchev–Trinajstić information content (AvgIpc) is 3.49. The number of benzene rings is 1. The van der Waals surface area contributed by atoms with Gasteiger partial charge >= 0.3 is 0 Å². The van der Waals surface area contributed by atoms with Crippen molar-refractivity contribution in [1.29, 1.82) is 0 Å². The van der Waals surface area contributed by atoms with Crippen LogP contribution < -0.4 is 11.1 Å². The minimum absolute atomic E-state index is 0.119. The Hall–Kier alpha value is -3.19. The average molecular weight is 437 g/mol. The van der Waals surface area contributed by atoms with Gasteiger partial charge in [-0.05, 0) is 81.3 Å². The highest BCUT2D eigenvalue weighted by molar-refractivity contribution is 5.61. The topological polar surface area (TPSA) is 93.1 Å². The molecule has 0 aliphatic carbocycles. The molecule has 1 aliphatic rings. The number of hydrogen-bond donors (Lipinski definition) is 2. The van der Waals surface area contributed by atoms with Crippen LogP contribution in [0.2, 0.25) is 0 Å². The Morgan fingerprint density at radius 2 is 1.81 bits per heavy atom. The van der Waals surface area contributed by atoms with Gasteiger partial charge in [0.2, 0.25) is 12.2 Å². The zero-order valence-corrected chi connectivity index (χ0v) is 19.9. The van der Waals surface area contributed by atoms with Crippen LogP contribution in [0.3, 0.4) is 0 Å². The minimum Gasteiger partial charge on any atom is -0.405 e. The van der Waals surface area contributed by atoms with Crippen molar-refractivity contribution in [2.75, 3.05) is 25.5 Å². The van der Waals surface area contributed by atoms with E-state index in [1.165, 1.54) is 44.1 Å². The van der Waals surface area contributed by atoms with Crippen LogP contribution in [0.5, 0.6) is 0 Å². The van der Waals surface area contributed by atoms with E-state index in [2.05, 4.69) is 71.4 Å². The molecule has 7 heteroatoms. The van der Waals surface area contributed by atoms with Crippen LogP contribution >= 0.6 is 0 Å². The third-order valence-electron chi connectivity index (χ3n) is 4.91. The summed E-state index contributed by atoms with van der Waals surface area (Å²) in [5, 5.41) is 7.11. The molecule has 0 radical (unpaired) electrons. The van der Waals surface area contributed by atoms with E-state index in [0.29, 0.717) is 5.82 Å². The van der Waals surface area contributed by atoms with Gasteiger partial charge in [-0.15, -0.1) is 0 Å². The molecule has 1 fully saturated rings. The van der Waals surface area contributed by atoms with Crippen molar-refractivity contribution >= 4 is 11.5 Å². The molecule has 0 amide bonds. The Kier molecular flexibility index (Phi) is 9.88. The second kappa shape index (κ2) is 12.6. The van der Waals surface area contributed by atoms with Gasteiger partial charge in [-0.2, -0.15) is 4.98 Å². The zero-order valence-electron chi connectivity index (χ0n) is 19.9. The SMILES string of the molecule is C/C=C/N.CC(C)(C)c1cccc(Nc2ccc(-c3ncon3)cn2)c1.CN1CCCC1. The smallest absolute Gasteiger partial charge is 0.214 e. The minimum atomic E-state index is 0.119. The first kappa shape index (κ1) is 25.1. The van der Waals surface area contributed by atoms with E-state index in [-0.39, 0.29) is 5.41 Å². The van der Waals surface area contributed by atoms with E-state index in [0.717, 1.165) is 17.1 Å². The lowest BCUT2D eigenvalue weighted by Gasteiger charge is -2.20. The maximum absolute atomic E-state index is 4.85. The number of nitrogens with zero attached hydrogens (tertiary/aromatic N) is 4. The molecule has 32 heavy (non-hydrogen) atoms. The highest BCUT2D eigenvalue weighted by Crippen LogP contribution is 2.26. The van der Waals surface area contributed by atoms with Gasteiger partial charge in [0.1, 0.15) is 5.82 Å². The summed E-state index contributed by atoms with van der Waals surface area (Å²) in [5.41, 5.74) is 8.09. The molecule has 1 aromatic carbocycles. The summed E-state index contributed by atoms with van der Waals surface area (Å²) in [7, 11) is 2.17. The first-order valence-corrected chi connectivity index (χ1v) is 10.9. The number of nitrogens with two attached hydrogens (primary N) is 1. The standard InChI is InChI=1S/C17H18N4O.C5H11N.C3H7N/c1-17(2,3)13-5-4-6-14(9-13)20-15-8-7-12(10-18-15)16-19-11-22-21-16;1-6-4-2-3-5-6;1-2-3-4/h4-11H,1-3H3,(H,18,20);2-5H2,1H3;2-3H,4H2,1H3/b;;3-2+. The Bertz CT molecular complexity index is 920. The summed E-state index contributed by atoms with van der Waals surface area (Å²) in [6.45, 7) is 11.1. The molecule has 3 N–H and O–H groups in total. The molecule has 0 spiro atoms. The molecule has 0 atom stereocenters. The quantitative estimate of drug-likeness (QED) is 0.570. The fraction of sp³-hybridized carbons (Fsp3) is 0.400. The van der Waals surface area contributed by atoms with Gasteiger partial charge in [-0.1, -0.05) is 44.1 Å². The van der Waals surface area contributed by atoms with Crippen molar-refractivity contribution in [1.82, 2.24) is 20.0 Å². The lowest BCUT2D eigenvalue weighted by Crippen LogP contribution is -2.11. The van der Waals surface area contributed by atoms with Crippen molar-refractivity contribution < 1.29 is 4.52 Å².